The topological polar surface area (TPSA) is 49.9 Å². The van der Waals surface area contributed by atoms with Crippen molar-refractivity contribution in [3.63, 3.8) is 0 Å². The number of amides is 2. The van der Waals surface area contributed by atoms with Crippen molar-refractivity contribution in [1.29, 1.82) is 0 Å². The molecule has 1 saturated heterocycles. The molecule has 0 radical (unpaired) electrons. The van der Waals surface area contributed by atoms with Crippen molar-refractivity contribution in [3.8, 4) is 5.75 Å². The number of piperidine rings is 1. The van der Waals surface area contributed by atoms with E-state index in [1.54, 1.807) is 19.0 Å². The molecule has 5 nitrogen and oxygen atoms in total. The highest BCUT2D eigenvalue weighted by Crippen LogP contribution is 2.46. The third-order valence-electron chi connectivity index (χ3n) is 5.92. The molecule has 1 aromatic carbocycles. The Morgan fingerprint density at radius 2 is 1.93 bits per heavy atom. The molecule has 2 amide bonds. The van der Waals surface area contributed by atoms with E-state index >= 15 is 0 Å². The lowest BCUT2D eigenvalue weighted by atomic mass is 9.76. The van der Waals surface area contributed by atoms with Crippen molar-refractivity contribution in [3.05, 3.63) is 52.2 Å². The van der Waals surface area contributed by atoms with Crippen LogP contribution in [0.3, 0.4) is 0 Å². The van der Waals surface area contributed by atoms with E-state index in [-0.39, 0.29) is 23.3 Å². The predicted octanol–water partition coefficient (Wildman–Crippen LogP) is 3.77. The molecule has 1 aromatic heterocycles. The van der Waals surface area contributed by atoms with Gasteiger partial charge in [0, 0.05) is 52.4 Å². The van der Waals surface area contributed by atoms with Gasteiger partial charge in [0.05, 0.1) is 4.88 Å². The second-order valence-electron chi connectivity index (χ2n) is 7.99. The highest BCUT2D eigenvalue weighted by molar-refractivity contribution is 7.12. The summed E-state index contributed by atoms with van der Waals surface area (Å²) in [5, 5.41) is 1.94. The molecule has 2 aromatic rings. The van der Waals surface area contributed by atoms with Crippen LogP contribution in [0.1, 0.15) is 46.8 Å². The van der Waals surface area contributed by atoms with Crippen molar-refractivity contribution < 1.29 is 14.3 Å². The van der Waals surface area contributed by atoms with E-state index in [2.05, 4.69) is 6.07 Å². The quantitative estimate of drug-likeness (QED) is 0.791. The zero-order valence-corrected chi connectivity index (χ0v) is 17.2. The van der Waals surface area contributed by atoms with Crippen LogP contribution in [0, 0.1) is 0 Å². The Balaban J connectivity index is 1.51. The number of nitrogens with zero attached hydrogens (tertiary/aromatic N) is 2. The third kappa shape index (κ3) is 3.65. The number of carbonyl (C=O) groups excluding carboxylic acids is 2. The van der Waals surface area contributed by atoms with Gasteiger partial charge < -0.3 is 14.5 Å². The zero-order valence-electron chi connectivity index (χ0n) is 16.4. The Labute approximate surface area is 169 Å². The average molecular weight is 399 g/mol. The Bertz CT molecular complexity index is 854. The van der Waals surface area contributed by atoms with Crippen molar-refractivity contribution in [2.24, 2.45) is 0 Å². The summed E-state index contributed by atoms with van der Waals surface area (Å²) in [6.07, 6.45) is 2.91. The van der Waals surface area contributed by atoms with E-state index in [1.807, 2.05) is 40.6 Å². The Morgan fingerprint density at radius 1 is 1.18 bits per heavy atom. The van der Waals surface area contributed by atoms with E-state index in [0.717, 1.165) is 35.5 Å². The Morgan fingerprint density at radius 3 is 2.61 bits per heavy atom. The number of thiophene rings is 1. The molecule has 3 heterocycles. The number of ether oxygens (including phenoxy) is 1. The van der Waals surface area contributed by atoms with Crippen molar-refractivity contribution in [1.82, 2.24) is 9.80 Å². The smallest absolute Gasteiger partial charge is 0.263 e. The maximum atomic E-state index is 12.7. The SMILES string of the molecule is CN(C)C(=O)C[C@@H]1CC2(CCN(C(=O)c3cccs3)CC2)Oc2ccccc21. The summed E-state index contributed by atoms with van der Waals surface area (Å²) in [5.74, 6) is 1.30. The number of para-hydroxylation sites is 1. The van der Waals surface area contributed by atoms with Gasteiger partial charge in [-0.2, -0.15) is 0 Å². The van der Waals surface area contributed by atoms with Gasteiger partial charge in [-0.15, -0.1) is 11.3 Å². The van der Waals surface area contributed by atoms with Crippen LogP contribution in [0.15, 0.2) is 41.8 Å². The number of rotatable bonds is 3. The summed E-state index contributed by atoms with van der Waals surface area (Å²) < 4.78 is 6.49. The van der Waals surface area contributed by atoms with Crippen LogP contribution in [0.4, 0.5) is 0 Å². The normalized spacial score (nSPS) is 20.4. The largest absolute Gasteiger partial charge is 0.487 e. The van der Waals surface area contributed by atoms with Gasteiger partial charge in [-0.3, -0.25) is 9.59 Å². The molecule has 0 aliphatic carbocycles. The van der Waals surface area contributed by atoms with Crippen LogP contribution in [0.25, 0.3) is 0 Å². The van der Waals surface area contributed by atoms with E-state index in [1.165, 1.54) is 11.3 Å². The number of fused-ring (bicyclic) bond motifs is 1. The monoisotopic (exact) mass is 398 g/mol. The number of likely N-dealkylation sites (tertiary alicyclic amines) is 1. The molecule has 1 atom stereocenters. The van der Waals surface area contributed by atoms with Gasteiger partial charge in [0.25, 0.3) is 5.91 Å². The average Bonchev–Trinajstić information content (AvgIpc) is 3.23. The third-order valence-corrected chi connectivity index (χ3v) is 6.78. The summed E-state index contributed by atoms with van der Waals surface area (Å²) in [5.41, 5.74) is 0.832. The Hall–Kier alpha value is -2.34. The number of benzene rings is 1. The zero-order chi connectivity index (χ0) is 19.7. The first-order chi connectivity index (χ1) is 13.5. The molecular weight excluding hydrogens is 372 g/mol. The molecule has 148 valence electrons. The Kier molecular flexibility index (Phi) is 5.15. The van der Waals surface area contributed by atoms with Crippen LogP contribution in [0.5, 0.6) is 5.75 Å². The van der Waals surface area contributed by atoms with E-state index in [4.69, 9.17) is 4.74 Å². The fourth-order valence-corrected chi connectivity index (χ4v) is 4.99. The van der Waals surface area contributed by atoms with Crippen molar-refractivity contribution in [2.75, 3.05) is 27.2 Å². The highest BCUT2D eigenvalue weighted by Gasteiger charge is 2.44. The lowest BCUT2D eigenvalue weighted by Crippen LogP contribution is -2.52. The van der Waals surface area contributed by atoms with Gasteiger partial charge in [-0.05, 0) is 29.5 Å². The molecule has 2 aliphatic rings. The van der Waals surface area contributed by atoms with Crippen LogP contribution in [-0.2, 0) is 4.79 Å². The van der Waals surface area contributed by atoms with Gasteiger partial charge in [0.15, 0.2) is 0 Å². The molecule has 2 aliphatic heterocycles. The molecule has 0 bridgehead atoms. The molecule has 0 unspecified atom stereocenters. The molecule has 1 spiro atoms. The molecule has 28 heavy (non-hydrogen) atoms. The van der Waals surface area contributed by atoms with Gasteiger partial charge >= 0.3 is 0 Å². The minimum Gasteiger partial charge on any atom is -0.487 e. The van der Waals surface area contributed by atoms with Crippen LogP contribution < -0.4 is 4.74 Å². The number of hydrogen-bond donors (Lipinski definition) is 0. The van der Waals surface area contributed by atoms with E-state index in [9.17, 15) is 9.59 Å². The maximum absolute atomic E-state index is 12.7. The highest BCUT2D eigenvalue weighted by atomic mass is 32.1. The first-order valence-electron chi connectivity index (χ1n) is 9.78. The molecule has 0 N–H and O–H groups in total. The summed E-state index contributed by atoms with van der Waals surface area (Å²) >= 11 is 1.49. The van der Waals surface area contributed by atoms with Crippen molar-refractivity contribution in [2.45, 2.75) is 37.2 Å². The van der Waals surface area contributed by atoms with Gasteiger partial charge in [-0.25, -0.2) is 0 Å². The van der Waals surface area contributed by atoms with Crippen molar-refractivity contribution >= 4 is 23.2 Å². The fraction of sp³-hybridized carbons (Fsp3) is 0.455. The molecular formula is C22H26N2O3S. The second kappa shape index (κ2) is 7.59. The van der Waals surface area contributed by atoms with Crippen LogP contribution in [0.2, 0.25) is 0 Å². The maximum Gasteiger partial charge on any atom is 0.263 e. The number of carbonyl (C=O) groups is 2. The molecule has 1 fully saturated rings. The fourth-order valence-electron chi connectivity index (χ4n) is 4.30. The number of hydrogen-bond acceptors (Lipinski definition) is 4. The summed E-state index contributed by atoms with van der Waals surface area (Å²) in [6, 6.07) is 11.9. The standard InChI is InChI=1S/C22H26N2O3S/c1-23(2)20(25)14-16-15-22(27-18-7-4-3-6-17(16)18)9-11-24(12-10-22)21(26)19-8-5-13-28-19/h3-8,13,16H,9-12,14-15H2,1-2H3/t16-/m1/s1. The van der Waals surface area contributed by atoms with Crippen LogP contribution >= 0.6 is 11.3 Å². The van der Waals surface area contributed by atoms with Gasteiger partial charge in [0.2, 0.25) is 5.91 Å². The summed E-state index contributed by atoms with van der Waals surface area (Å²) in [7, 11) is 3.61. The van der Waals surface area contributed by atoms with Gasteiger partial charge in [-0.1, -0.05) is 24.3 Å². The second-order valence-corrected chi connectivity index (χ2v) is 8.93. The van der Waals surface area contributed by atoms with E-state index < -0.39 is 0 Å². The first-order valence-corrected chi connectivity index (χ1v) is 10.7. The molecule has 4 rings (SSSR count). The minimum absolute atomic E-state index is 0.111. The first kappa shape index (κ1) is 19.0. The summed E-state index contributed by atoms with van der Waals surface area (Å²) in [6.45, 7) is 1.38. The summed E-state index contributed by atoms with van der Waals surface area (Å²) in [4.78, 5) is 29.4. The molecule has 0 saturated carbocycles. The lowest BCUT2D eigenvalue weighted by molar-refractivity contribution is -0.129. The molecule has 6 heteroatoms. The van der Waals surface area contributed by atoms with Gasteiger partial charge in [0.1, 0.15) is 11.4 Å². The van der Waals surface area contributed by atoms with Crippen LogP contribution in [-0.4, -0.2) is 54.4 Å². The van der Waals surface area contributed by atoms with E-state index in [0.29, 0.717) is 19.5 Å². The lowest BCUT2D eigenvalue weighted by Gasteiger charge is -2.47. The predicted molar refractivity (Wildman–Crippen MR) is 110 cm³/mol. The minimum atomic E-state index is -0.294.